The largest absolute Gasteiger partial charge is 0.377 e. The molecule has 0 aromatic heterocycles. The predicted molar refractivity (Wildman–Crippen MR) is 132 cm³/mol. The molecule has 1 saturated carbocycles. The molecule has 0 unspecified atom stereocenters. The van der Waals surface area contributed by atoms with Crippen LogP contribution in [0.2, 0.25) is 0 Å². The van der Waals surface area contributed by atoms with E-state index in [9.17, 15) is 0 Å². The van der Waals surface area contributed by atoms with Crippen LogP contribution in [0.1, 0.15) is 56.1 Å². The average Bonchev–Trinajstić information content (AvgIpc) is 2.85. The minimum Gasteiger partial charge on any atom is -0.377 e. The molecule has 1 fully saturated rings. The molecule has 3 heteroatoms. The van der Waals surface area contributed by atoms with Crippen LogP contribution in [0.15, 0.2) is 73.3 Å². The normalized spacial score (nSPS) is 18.3. The molecule has 0 aliphatic heterocycles. The molecule has 172 valence electrons. The second kappa shape index (κ2) is 10.9. The third-order valence-electron chi connectivity index (χ3n) is 6.73. The summed E-state index contributed by atoms with van der Waals surface area (Å²) in [6, 6.07) is 18.2. The van der Waals surface area contributed by atoms with Gasteiger partial charge >= 0.3 is 0 Å². The Labute approximate surface area is 196 Å². The van der Waals surface area contributed by atoms with Gasteiger partial charge in [-0.2, -0.15) is 0 Å². The molecule has 4 rings (SSSR count). The van der Waals surface area contributed by atoms with E-state index in [1.807, 2.05) is 42.5 Å². The van der Waals surface area contributed by atoms with E-state index < -0.39 is 5.82 Å². The third kappa shape index (κ3) is 5.59. The molecular formula is C30H32F2O. The topological polar surface area (TPSA) is 9.23 Å². The molecule has 0 amide bonds. The summed E-state index contributed by atoms with van der Waals surface area (Å²) in [5.41, 5.74) is 4.40. The predicted octanol–water partition coefficient (Wildman–Crippen LogP) is 8.69. The zero-order valence-corrected chi connectivity index (χ0v) is 19.3. The van der Waals surface area contributed by atoms with Crippen LogP contribution >= 0.6 is 0 Å². The Kier molecular flexibility index (Phi) is 7.72. The van der Waals surface area contributed by atoms with Crippen molar-refractivity contribution in [1.29, 1.82) is 0 Å². The lowest BCUT2D eigenvalue weighted by Gasteiger charge is -2.27. The van der Waals surface area contributed by atoms with Crippen molar-refractivity contribution < 1.29 is 13.5 Å². The van der Waals surface area contributed by atoms with Crippen molar-refractivity contribution >= 4 is 0 Å². The fourth-order valence-corrected chi connectivity index (χ4v) is 4.73. The van der Waals surface area contributed by atoms with Crippen molar-refractivity contribution in [2.24, 2.45) is 5.92 Å². The lowest BCUT2D eigenvalue weighted by atomic mass is 9.78. The number of hydrogen-bond donors (Lipinski definition) is 0. The van der Waals surface area contributed by atoms with E-state index in [-0.39, 0.29) is 5.82 Å². The standard InChI is InChI=1S/C30H32F2O/c1-3-17-33-20-22-7-11-24(12-8-22)26-14-16-28(30(32)19-26)27-15-13-25(18-29(27)31)23-9-5-21(4-2)6-10-23/h4,7-8,11-16,18-19,21,23H,2-3,5-6,9-10,17,20H2,1H3/t21-,23-. The summed E-state index contributed by atoms with van der Waals surface area (Å²) in [7, 11) is 0. The van der Waals surface area contributed by atoms with Gasteiger partial charge in [0.2, 0.25) is 0 Å². The monoisotopic (exact) mass is 446 g/mol. The van der Waals surface area contributed by atoms with Crippen LogP contribution in [0.5, 0.6) is 0 Å². The van der Waals surface area contributed by atoms with E-state index in [1.165, 1.54) is 6.07 Å². The Morgan fingerprint density at radius 2 is 1.48 bits per heavy atom. The van der Waals surface area contributed by atoms with Gasteiger partial charge in [0.25, 0.3) is 0 Å². The molecule has 0 heterocycles. The van der Waals surface area contributed by atoms with Crippen LogP contribution in [-0.2, 0) is 11.3 Å². The van der Waals surface area contributed by atoms with E-state index in [2.05, 4.69) is 13.5 Å². The number of halogens is 2. The van der Waals surface area contributed by atoms with Gasteiger partial charge in [-0.15, -0.1) is 6.58 Å². The first-order chi connectivity index (χ1) is 16.1. The van der Waals surface area contributed by atoms with Crippen LogP contribution in [-0.4, -0.2) is 6.61 Å². The fraction of sp³-hybridized carbons (Fsp3) is 0.333. The maximum Gasteiger partial charge on any atom is 0.131 e. The first kappa shape index (κ1) is 23.4. The second-order valence-electron chi connectivity index (χ2n) is 9.03. The second-order valence-corrected chi connectivity index (χ2v) is 9.03. The van der Waals surface area contributed by atoms with Gasteiger partial charge in [-0.05, 0) is 78.3 Å². The van der Waals surface area contributed by atoms with Crippen molar-refractivity contribution in [1.82, 2.24) is 0 Å². The average molecular weight is 447 g/mol. The van der Waals surface area contributed by atoms with Crippen molar-refractivity contribution in [3.05, 3.63) is 96.1 Å². The van der Waals surface area contributed by atoms with Crippen LogP contribution in [0.25, 0.3) is 22.3 Å². The maximum absolute atomic E-state index is 15.0. The maximum atomic E-state index is 15.0. The van der Waals surface area contributed by atoms with E-state index in [1.54, 1.807) is 18.2 Å². The van der Waals surface area contributed by atoms with E-state index in [4.69, 9.17) is 4.74 Å². The molecule has 1 aliphatic rings. The summed E-state index contributed by atoms with van der Waals surface area (Å²) >= 11 is 0. The van der Waals surface area contributed by atoms with E-state index in [0.717, 1.165) is 61.0 Å². The quantitative estimate of drug-likeness (QED) is 0.248. The van der Waals surface area contributed by atoms with Crippen LogP contribution < -0.4 is 0 Å². The molecule has 1 nitrogen and oxygen atoms in total. The molecule has 0 N–H and O–H groups in total. The van der Waals surface area contributed by atoms with Gasteiger partial charge < -0.3 is 4.74 Å². The zero-order valence-electron chi connectivity index (χ0n) is 19.3. The number of ether oxygens (including phenoxy) is 1. The highest BCUT2D eigenvalue weighted by Crippen LogP contribution is 2.38. The van der Waals surface area contributed by atoms with Crippen molar-refractivity contribution in [3.63, 3.8) is 0 Å². The Hall–Kier alpha value is -2.78. The first-order valence-corrected chi connectivity index (χ1v) is 12.0. The van der Waals surface area contributed by atoms with E-state index >= 15 is 8.78 Å². The summed E-state index contributed by atoms with van der Waals surface area (Å²) < 4.78 is 35.6. The van der Waals surface area contributed by atoms with Crippen molar-refractivity contribution in [2.75, 3.05) is 6.61 Å². The Morgan fingerprint density at radius 1 is 0.848 bits per heavy atom. The van der Waals surface area contributed by atoms with Gasteiger partial charge in [-0.1, -0.05) is 61.5 Å². The third-order valence-corrected chi connectivity index (χ3v) is 6.73. The molecule has 0 atom stereocenters. The summed E-state index contributed by atoms with van der Waals surface area (Å²) in [5, 5.41) is 0. The lowest BCUT2D eigenvalue weighted by Crippen LogP contribution is -2.11. The Morgan fingerprint density at radius 3 is 2.09 bits per heavy atom. The Bertz CT molecular complexity index is 1080. The van der Waals surface area contributed by atoms with Crippen LogP contribution in [0, 0.1) is 17.6 Å². The van der Waals surface area contributed by atoms with Gasteiger partial charge in [0.05, 0.1) is 6.61 Å². The smallest absolute Gasteiger partial charge is 0.131 e. The summed E-state index contributed by atoms with van der Waals surface area (Å²) in [4.78, 5) is 0. The minimum atomic E-state index is -0.416. The van der Waals surface area contributed by atoms with Crippen LogP contribution in [0.4, 0.5) is 8.78 Å². The Balaban J connectivity index is 1.49. The summed E-state index contributed by atoms with van der Waals surface area (Å²) in [6.45, 7) is 7.29. The number of rotatable bonds is 8. The number of hydrogen-bond acceptors (Lipinski definition) is 1. The highest BCUT2D eigenvalue weighted by atomic mass is 19.1. The highest BCUT2D eigenvalue weighted by molar-refractivity contribution is 5.71. The summed E-state index contributed by atoms with van der Waals surface area (Å²) in [6.07, 6.45) is 7.30. The molecule has 0 spiro atoms. The van der Waals surface area contributed by atoms with Gasteiger partial charge in [0, 0.05) is 17.7 Å². The van der Waals surface area contributed by atoms with Crippen molar-refractivity contribution in [2.45, 2.75) is 51.6 Å². The molecular weight excluding hydrogens is 414 g/mol. The molecule has 3 aromatic carbocycles. The van der Waals surface area contributed by atoms with Gasteiger partial charge in [0.15, 0.2) is 0 Å². The van der Waals surface area contributed by atoms with Crippen LogP contribution in [0.3, 0.4) is 0 Å². The number of allylic oxidation sites excluding steroid dienone is 1. The molecule has 1 aliphatic carbocycles. The SMILES string of the molecule is C=C[C@H]1CC[C@H](c2ccc(-c3ccc(-c4ccc(COCCC)cc4)cc3F)c(F)c2)CC1. The van der Waals surface area contributed by atoms with Gasteiger partial charge in [-0.3, -0.25) is 0 Å². The highest BCUT2D eigenvalue weighted by Gasteiger charge is 2.22. The molecule has 0 saturated heterocycles. The lowest BCUT2D eigenvalue weighted by molar-refractivity contribution is 0.121. The number of benzene rings is 3. The molecule has 0 bridgehead atoms. The summed E-state index contributed by atoms with van der Waals surface area (Å²) in [5.74, 6) is 0.165. The van der Waals surface area contributed by atoms with Crippen molar-refractivity contribution in [3.8, 4) is 22.3 Å². The fourth-order valence-electron chi connectivity index (χ4n) is 4.73. The molecule has 3 aromatic rings. The first-order valence-electron chi connectivity index (χ1n) is 12.0. The molecule has 33 heavy (non-hydrogen) atoms. The molecule has 0 radical (unpaired) electrons. The van der Waals surface area contributed by atoms with Gasteiger partial charge in [0.1, 0.15) is 11.6 Å². The zero-order chi connectivity index (χ0) is 23.2. The van der Waals surface area contributed by atoms with Gasteiger partial charge in [-0.25, -0.2) is 8.78 Å². The minimum absolute atomic E-state index is 0.294. The van der Waals surface area contributed by atoms with E-state index in [0.29, 0.717) is 29.6 Å².